The van der Waals surface area contributed by atoms with Crippen molar-refractivity contribution in [3.05, 3.63) is 41.5 Å². The van der Waals surface area contributed by atoms with E-state index in [1.54, 1.807) is 6.07 Å². The number of phenols is 1. The first-order valence-electron chi connectivity index (χ1n) is 4.07. The minimum Gasteiger partial charge on any atom is -0.507 e. The van der Waals surface area contributed by atoms with Crippen molar-refractivity contribution in [2.45, 2.75) is 13.8 Å². The molecule has 1 nitrogen and oxygen atoms in total. The van der Waals surface area contributed by atoms with Crippen molar-refractivity contribution in [1.29, 1.82) is 0 Å². The van der Waals surface area contributed by atoms with Gasteiger partial charge in [0, 0.05) is 0 Å². The standard InChI is InChI=1S/C12H12O/c1-9(2)4-6-11-8-10(3)5-7-12(11)13/h5,7-8,13H,1H2,2-3H3. The summed E-state index contributed by atoms with van der Waals surface area (Å²) < 4.78 is 0. The molecule has 1 N–H and O–H groups in total. The zero-order valence-corrected chi connectivity index (χ0v) is 7.89. The highest BCUT2D eigenvalue weighted by Crippen LogP contribution is 2.16. The van der Waals surface area contributed by atoms with Crippen LogP contribution >= 0.6 is 0 Å². The van der Waals surface area contributed by atoms with Crippen molar-refractivity contribution in [3.8, 4) is 17.6 Å². The molecule has 0 aliphatic rings. The summed E-state index contributed by atoms with van der Waals surface area (Å²) in [6.07, 6.45) is 0. The second-order valence-corrected chi connectivity index (χ2v) is 3.05. The van der Waals surface area contributed by atoms with Crippen molar-refractivity contribution >= 4 is 0 Å². The van der Waals surface area contributed by atoms with Gasteiger partial charge in [0.1, 0.15) is 5.75 Å². The molecule has 0 aliphatic heterocycles. The normalized spacial score (nSPS) is 8.77. The number of phenolic OH excluding ortho intramolecular Hbond substituents is 1. The van der Waals surface area contributed by atoms with Crippen LogP contribution in [0, 0.1) is 18.8 Å². The SMILES string of the molecule is C=C(C)C#Cc1cc(C)ccc1O. The van der Waals surface area contributed by atoms with Gasteiger partial charge in [0.2, 0.25) is 0 Å². The Morgan fingerprint density at radius 1 is 1.46 bits per heavy atom. The van der Waals surface area contributed by atoms with Crippen LogP contribution in [-0.2, 0) is 0 Å². The van der Waals surface area contributed by atoms with Crippen LogP contribution in [0.5, 0.6) is 5.75 Å². The molecule has 0 fully saturated rings. The Bertz CT molecular complexity index is 391. The van der Waals surface area contributed by atoms with Gasteiger partial charge in [-0.05, 0) is 37.1 Å². The molecule has 1 aromatic carbocycles. The van der Waals surface area contributed by atoms with Crippen LogP contribution in [0.4, 0.5) is 0 Å². The van der Waals surface area contributed by atoms with E-state index in [4.69, 9.17) is 0 Å². The molecular weight excluding hydrogens is 160 g/mol. The quantitative estimate of drug-likeness (QED) is 0.596. The fraction of sp³-hybridized carbons (Fsp3) is 0.167. The van der Waals surface area contributed by atoms with E-state index in [2.05, 4.69) is 18.4 Å². The molecule has 13 heavy (non-hydrogen) atoms. The van der Waals surface area contributed by atoms with E-state index in [0.29, 0.717) is 5.56 Å². The monoisotopic (exact) mass is 172 g/mol. The van der Waals surface area contributed by atoms with Crippen LogP contribution in [0.2, 0.25) is 0 Å². The first-order chi connectivity index (χ1) is 6.09. The van der Waals surface area contributed by atoms with E-state index >= 15 is 0 Å². The fourth-order valence-electron chi connectivity index (χ4n) is 0.924. The lowest BCUT2D eigenvalue weighted by molar-refractivity contribution is 0.473. The smallest absolute Gasteiger partial charge is 0.131 e. The second-order valence-electron chi connectivity index (χ2n) is 3.05. The Morgan fingerprint density at radius 3 is 2.77 bits per heavy atom. The molecule has 1 aromatic rings. The van der Waals surface area contributed by atoms with Crippen LogP contribution in [0.1, 0.15) is 18.1 Å². The second kappa shape index (κ2) is 3.82. The van der Waals surface area contributed by atoms with E-state index in [1.165, 1.54) is 0 Å². The van der Waals surface area contributed by atoms with Crippen molar-refractivity contribution in [2.24, 2.45) is 0 Å². The predicted octanol–water partition coefficient (Wildman–Crippen LogP) is 2.63. The molecule has 1 heteroatoms. The third-order valence-electron chi connectivity index (χ3n) is 1.56. The summed E-state index contributed by atoms with van der Waals surface area (Å²) in [5.74, 6) is 5.90. The first-order valence-corrected chi connectivity index (χ1v) is 4.07. The highest BCUT2D eigenvalue weighted by molar-refractivity contribution is 5.49. The van der Waals surface area contributed by atoms with E-state index in [9.17, 15) is 5.11 Å². The van der Waals surface area contributed by atoms with Gasteiger partial charge in [0.25, 0.3) is 0 Å². The Hall–Kier alpha value is -1.68. The molecule has 0 atom stereocenters. The maximum atomic E-state index is 9.42. The zero-order chi connectivity index (χ0) is 9.84. The summed E-state index contributed by atoms with van der Waals surface area (Å²) in [5.41, 5.74) is 2.53. The summed E-state index contributed by atoms with van der Waals surface area (Å²) in [7, 11) is 0. The Balaban J connectivity index is 3.09. The zero-order valence-electron chi connectivity index (χ0n) is 7.89. The molecule has 66 valence electrons. The fourth-order valence-corrected chi connectivity index (χ4v) is 0.924. The summed E-state index contributed by atoms with van der Waals surface area (Å²) in [6.45, 7) is 7.46. The number of hydrogen-bond donors (Lipinski definition) is 1. The number of benzene rings is 1. The maximum absolute atomic E-state index is 9.42. The lowest BCUT2D eigenvalue weighted by atomic mass is 10.1. The molecule has 0 radical (unpaired) electrons. The van der Waals surface area contributed by atoms with Crippen molar-refractivity contribution in [1.82, 2.24) is 0 Å². The van der Waals surface area contributed by atoms with Crippen LogP contribution in [0.15, 0.2) is 30.4 Å². The van der Waals surface area contributed by atoms with Crippen molar-refractivity contribution < 1.29 is 5.11 Å². The lowest BCUT2D eigenvalue weighted by Crippen LogP contribution is -1.79. The highest BCUT2D eigenvalue weighted by Gasteiger charge is 1.96. The molecule has 1 rings (SSSR count). The van der Waals surface area contributed by atoms with Crippen molar-refractivity contribution in [2.75, 3.05) is 0 Å². The molecule has 0 aromatic heterocycles. The van der Waals surface area contributed by atoms with E-state index in [1.807, 2.05) is 26.0 Å². The largest absolute Gasteiger partial charge is 0.507 e. The number of rotatable bonds is 0. The van der Waals surface area contributed by atoms with Gasteiger partial charge in [-0.25, -0.2) is 0 Å². The Morgan fingerprint density at radius 2 is 2.15 bits per heavy atom. The van der Waals surface area contributed by atoms with Gasteiger partial charge in [-0.3, -0.25) is 0 Å². The van der Waals surface area contributed by atoms with Gasteiger partial charge in [-0.2, -0.15) is 0 Å². The molecule has 0 amide bonds. The molecule has 0 unspecified atom stereocenters. The molecular formula is C12H12O. The number of aryl methyl sites for hydroxylation is 1. The topological polar surface area (TPSA) is 20.2 Å². The van der Waals surface area contributed by atoms with Gasteiger partial charge in [-0.1, -0.05) is 24.5 Å². The predicted molar refractivity (Wildman–Crippen MR) is 54.5 cm³/mol. The molecule has 0 saturated carbocycles. The van der Waals surface area contributed by atoms with E-state index in [0.717, 1.165) is 11.1 Å². The molecule has 0 spiro atoms. The van der Waals surface area contributed by atoms with Crippen LogP contribution in [0.25, 0.3) is 0 Å². The van der Waals surface area contributed by atoms with Gasteiger partial charge in [0.15, 0.2) is 0 Å². The number of hydrogen-bond acceptors (Lipinski definition) is 1. The summed E-state index contributed by atoms with van der Waals surface area (Å²) >= 11 is 0. The summed E-state index contributed by atoms with van der Waals surface area (Å²) in [5, 5.41) is 9.42. The third kappa shape index (κ3) is 2.68. The van der Waals surface area contributed by atoms with Crippen LogP contribution in [-0.4, -0.2) is 5.11 Å². The Labute approximate surface area is 78.7 Å². The van der Waals surface area contributed by atoms with Gasteiger partial charge in [-0.15, -0.1) is 0 Å². The first kappa shape index (κ1) is 9.41. The lowest BCUT2D eigenvalue weighted by Gasteiger charge is -1.97. The average molecular weight is 172 g/mol. The van der Waals surface area contributed by atoms with E-state index < -0.39 is 0 Å². The Kier molecular flexibility index (Phi) is 2.76. The molecule has 0 bridgehead atoms. The number of allylic oxidation sites excluding steroid dienone is 1. The van der Waals surface area contributed by atoms with Crippen LogP contribution in [0.3, 0.4) is 0 Å². The van der Waals surface area contributed by atoms with E-state index in [-0.39, 0.29) is 5.75 Å². The average Bonchev–Trinajstić information content (AvgIpc) is 2.06. The molecule has 0 aliphatic carbocycles. The highest BCUT2D eigenvalue weighted by atomic mass is 16.3. The van der Waals surface area contributed by atoms with Gasteiger partial charge in [0.05, 0.1) is 5.56 Å². The minimum atomic E-state index is 0.222. The maximum Gasteiger partial charge on any atom is 0.131 e. The van der Waals surface area contributed by atoms with Gasteiger partial charge < -0.3 is 5.11 Å². The minimum absolute atomic E-state index is 0.222. The molecule has 0 saturated heterocycles. The number of aromatic hydroxyl groups is 1. The summed E-state index contributed by atoms with van der Waals surface area (Å²) in [4.78, 5) is 0. The summed E-state index contributed by atoms with van der Waals surface area (Å²) in [6, 6.07) is 5.35. The molecule has 0 heterocycles. The van der Waals surface area contributed by atoms with Crippen molar-refractivity contribution in [3.63, 3.8) is 0 Å². The van der Waals surface area contributed by atoms with Crippen LogP contribution < -0.4 is 0 Å². The third-order valence-corrected chi connectivity index (χ3v) is 1.56. The van der Waals surface area contributed by atoms with Gasteiger partial charge >= 0.3 is 0 Å².